The predicted octanol–water partition coefficient (Wildman–Crippen LogP) is 0.202. The fourth-order valence-corrected chi connectivity index (χ4v) is 2.28. The van der Waals surface area contributed by atoms with Crippen LogP contribution in [0, 0.1) is 10.1 Å². The molecular weight excluding hydrogens is 262 g/mol. The van der Waals surface area contributed by atoms with Crippen LogP contribution in [0.1, 0.15) is 12.0 Å². The van der Waals surface area contributed by atoms with Gasteiger partial charge in [-0.2, -0.15) is 0 Å². The normalized spacial score (nSPS) is 16.4. The molecule has 1 aliphatic heterocycles. The van der Waals surface area contributed by atoms with Crippen molar-refractivity contribution in [1.82, 2.24) is 10.2 Å². The minimum absolute atomic E-state index is 0.0322. The van der Waals surface area contributed by atoms with Crippen LogP contribution in [0.15, 0.2) is 18.2 Å². The van der Waals surface area contributed by atoms with Gasteiger partial charge in [-0.15, -0.1) is 0 Å². The van der Waals surface area contributed by atoms with Gasteiger partial charge in [-0.1, -0.05) is 12.1 Å². The number of nitrogen functional groups attached to an aromatic ring is 1. The zero-order chi connectivity index (χ0) is 14.5. The van der Waals surface area contributed by atoms with E-state index in [1.165, 1.54) is 6.07 Å². The van der Waals surface area contributed by atoms with Gasteiger partial charge in [0.15, 0.2) is 0 Å². The SMILES string of the molecule is NNc1c(CN2CCCNC(=O)C2)cccc1[N+](=O)[O-]. The van der Waals surface area contributed by atoms with Crippen molar-refractivity contribution < 1.29 is 9.72 Å². The summed E-state index contributed by atoms with van der Waals surface area (Å²) in [5.41, 5.74) is 3.33. The van der Waals surface area contributed by atoms with Gasteiger partial charge in [0.25, 0.3) is 5.69 Å². The number of benzene rings is 1. The third-order valence-corrected chi connectivity index (χ3v) is 3.20. The van der Waals surface area contributed by atoms with E-state index in [4.69, 9.17) is 5.84 Å². The first-order chi connectivity index (χ1) is 9.61. The summed E-state index contributed by atoms with van der Waals surface area (Å²) in [6, 6.07) is 4.78. The lowest BCUT2D eigenvalue weighted by molar-refractivity contribution is -0.384. The van der Waals surface area contributed by atoms with Crippen LogP contribution in [0.4, 0.5) is 11.4 Å². The maximum Gasteiger partial charge on any atom is 0.293 e. The van der Waals surface area contributed by atoms with E-state index in [0.717, 1.165) is 13.0 Å². The van der Waals surface area contributed by atoms with Crippen LogP contribution in [-0.4, -0.2) is 35.4 Å². The Kier molecular flexibility index (Phi) is 4.49. The summed E-state index contributed by atoms with van der Waals surface area (Å²) in [6.45, 7) is 2.14. The molecule has 0 atom stereocenters. The second kappa shape index (κ2) is 6.31. The highest BCUT2D eigenvalue weighted by molar-refractivity contribution is 5.78. The van der Waals surface area contributed by atoms with Crippen molar-refractivity contribution in [2.45, 2.75) is 13.0 Å². The number of carbonyl (C=O) groups excluding carboxylic acids is 1. The first-order valence-electron chi connectivity index (χ1n) is 6.33. The number of anilines is 1. The molecule has 0 aromatic heterocycles. The Balaban J connectivity index is 2.22. The summed E-state index contributed by atoms with van der Waals surface area (Å²) in [4.78, 5) is 23.9. The average molecular weight is 279 g/mol. The molecule has 0 bridgehead atoms. The molecule has 1 fully saturated rings. The van der Waals surface area contributed by atoms with Crippen LogP contribution in [0.3, 0.4) is 0 Å². The molecule has 1 amide bonds. The van der Waals surface area contributed by atoms with E-state index in [-0.39, 0.29) is 18.1 Å². The van der Waals surface area contributed by atoms with E-state index >= 15 is 0 Å². The number of hydrogen-bond donors (Lipinski definition) is 3. The van der Waals surface area contributed by atoms with Gasteiger partial charge in [0.1, 0.15) is 5.69 Å². The number of nitrogens with zero attached hydrogens (tertiary/aromatic N) is 2. The monoisotopic (exact) mass is 279 g/mol. The quantitative estimate of drug-likeness (QED) is 0.412. The number of para-hydroxylation sites is 1. The van der Waals surface area contributed by atoms with Crippen LogP contribution in [0.25, 0.3) is 0 Å². The Morgan fingerprint density at radius 3 is 3.00 bits per heavy atom. The van der Waals surface area contributed by atoms with Gasteiger partial charge in [-0.3, -0.25) is 25.7 Å². The molecule has 0 radical (unpaired) electrons. The molecule has 0 spiro atoms. The van der Waals surface area contributed by atoms with Gasteiger partial charge in [-0.25, -0.2) is 0 Å². The zero-order valence-corrected chi connectivity index (χ0v) is 11.0. The lowest BCUT2D eigenvalue weighted by Crippen LogP contribution is -2.33. The Hall–Kier alpha value is -2.19. The fourth-order valence-electron chi connectivity index (χ4n) is 2.28. The fraction of sp³-hybridized carbons (Fsp3) is 0.417. The summed E-state index contributed by atoms with van der Waals surface area (Å²) in [6.07, 6.45) is 0.853. The number of hydrogen-bond acceptors (Lipinski definition) is 6. The largest absolute Gasteiger partial charge is 0.355 e. The van der Waals surface area contributed by atoms with E-state index in [0.29, 0.717) is 24.3 Å². The number of rotatable bonds is 4. The van der Waals surface area contributed by atoms with Gasteiger partial charge in [0.2, 0.25) is 5.91 Å². The van der Waals surface area contributed by atoms with Crippen molar-refractivity contribution in [3.63, 3.8) is 0 Å². The van der Waals surface area contributed by atoms with Crippen LogP contribution in [0.5, 0.6) is 0 Å². The second-order valence-corrected chi connectivity index (χ2v) is 4.63. The Bertz CT molecular complexity index is 520. The molecule has 20 heavy (non-hydrogen) atoms. The first kappa shape index (κ1) is 14.2. The van der Waals surface area contributed by atoms with Crippen molar-refractivity contribution in [2.75, 3.05) is 25.1 Å². The van der Waals surface area contributed by atoms with Crippen molar-refractivity contribution in [3.05, 3.63) is 33.9 Å². The Morgan fingerprint density at radius 1 is 1.50 bits per heavy atom. The van der Waals surface area contributed by atoms with Gasteiger partial charge >= 0.3 is 0 Å². The van der Waals surface area contributed by atoms with Gasteiger partial charge in [0, 0.05) is 25.7 Å². The van der Waals surface area contributed by atoms with Crippen molar-refractivity contribution in [1.29, 1.82) is 0 Å². The molecule has 1 heterocycles. The second-order valence-electron chi connectivity index (χ2n) is 4.63. The Labute approximate surface area is 116 Å². The number of carbonyl (C=O) groups is 1. The van der Waals surface area contributed by atoms with E-state index < -0.39 is 4.92 Å². The lowest BCUT2D eigenvalue weighted by Gasteiger charge is -2.20. The molecule has 1 saturated heterocycles. The third kappa shape index (κ3) is 3.22. The average Bonchev–Trinajstić information content (AvgIpc) is 2.62. The summed E-state index contributed by atoms with van der Waals surface area (Å²) < 4.78 is 0. The molecule has 1 aromatic rings. The van der Waals surface area contributed by atoms with E-state index in [1.807, 2.05) is 4.90 Å². The molecule has 1 aliphatic rings. The highest BCUT2D eigenvalue weighted by Crippen LogP contribution is 2.28. The van der Waals surface area contributed by atoms with E-state index in [9.17, 15) is 14.9 Å². The number of nitro groups is 1. The highest BCUT2D eigenvalue weighted by atomic mass is 16.6. The third-order valence-electron chi connectivity index (χ3n) is 3.20. The number of nitro benzene ring substituents is 1. The molecule has 108 valence electrons. The lowest BCUT2D eigenvalue weighted by atomic mass is 10.1. The summed E-state index contributed by atoms with van der Waals surface area (Å²) >= 11 is 0. The highest BCUT2D eigenvalue weighted by Gasteiger charge is 2.20. The number of nitrogens with one attached hydrogen (secondary N) is 2. The maximum atomic E-state index is 11.5. The van der Waals surface area contributed by atoms with Crippen molar-refractivity contribution in [3.8, 4) is 0 Å². The number of hydrazine groups is 1. The number of amides is 1. The molecule has 1 aromatic carbocycles. The summed E-state index contributed by atoms with van der Waals surface area (Å²) in [5.74, 6) is 5.37. The maximum absolute atomic E-state index is 11.5. The topological polar surface area (TPSA) is 114 Å². The minimum Gasteiger partial charge on any atom is -0.355 e. The summed E-state index contributed by atoms with van der Waals surface area (Å²) in [7, 11) is 0. The molecule has 0 unspecified atom stereocenters. The van der Waals surface area contributed by atoms with Gasteiger partial charge in [-0.05, 0) is 12.0 Å². The van der Waals surface area contributed by atoms with Crippen LogP contribution in [0.2, 0.25) is 0 Å². The zero-order valence-electron chi connectivity index (χ0n) is 11.0. The van der Waals surface area contributed by atoms with Crippen molar-refractivity contribution >= 4 is 17.3 Å². The first-order valence-corrected chi connectivity index (χ1v) is 6.33. The van der Waals surface area contributed by atoms with Crippen molar-refractivity contribution in [2.24, 2.45) is 5.84 Å². The minimum atomic E-state index is -0.478. The molecular formula is C12H17N5O3. The molecule has 0 saturated carbocycles. The van der Waals surface area contributed by atoms with E-state index in [1.54, 1.807) is 12.1 Å². The molecule has 0 aliphatic carbocycles. The van der Waals surface area contributed by atoms with Gasteiger partial charge in [0.05, 0.1) is 11.5 Å². The summed E-state index contributed by atoms with van der Waals surface area (Å²) in [5, 5.41) is 13.8. The molecule has 8 nitrogen and oxygen atoms in total. The molecule has 4 N–H and O–H groups in total. The van der Waals surface area contributed by atoms with E-state index in [2.05, 4.69) is 10.7 Å². The Morgan fingerprint density at radius 2 is 2.30 bits per heavy atom. The van der Waals surface area contributed by atoms with Crippen LogP contribution < -0.4 is 16.6 Å². The standard InChI is InChI=1S/C12H17N5O3/c13-15-12-9(3-1-4-10(12)17(19)20)7-16-6-2-5-14-11(18)8-16/h1,3-4,15H,2,5-8,13H2,(H,14,18). The molecule has 2 rings (SSSR count). The molecule has 8 heteroatoms. The van der Waals surface area contributed by atoms with Gasteiger partial charge < -0.3 is 10.7 Å². The van der Waals surface area contributed by atoms with Crippen LogP contribution in [-0.2, 0) is 11.3 Å². The predicted molar refractivity (Wildman–Crippen MR) is 73.8 cm³/mol. The van der Waals surface area contributed by atoms with Crippen LogP contribution >= 0.6 is 0 Å². The smallest absolute Gasteiger partial charge is 0.293 e. The number of nitrogens with two attached hydrogens (primary N) is 1.